The summed E-state index contributed by atoms with van der Waals surface area (Å²) in [5, 5.41) is 11.7. The van der Waals surface area contributed by atoms with Gasteiger partial charge in [-0.1, -0.05) is 64.7 Å². The first-order valence-electron chi connectivity index (χ1n) is 16.0. The Morgan fingerprint density at radius 2 is 1.46 bits per heavy atom. The van der Waals surface area contributed by atoms with Crippen molar-refractivity contribution in [3.8, 4) is 5.75 Å². The van der Waals surface area contributed by atoms with Crippen molar-refractivity contribution in [2.75, 3.05) is 44.6 Å². The number of benzene rings is 1. The number of nitrogens with one attached hydrogen (secondary N) is 4. The standard InChI is InChI=1S/C32H55N5O4/c1-3-4-5-6-7-8-9-10-11-12-21-33-30(39)16-15-26-41-29-19-17-28(18-20-29)36-31(35-27(2)38)32(40)34-22-25-37-23-13-14-24-37/h17-20,31,36H,3-16,21-26H2,1-2H3,(H,33,39)(H,34,40)(H,35,38). The molecule has 1 heterocycles. The summed E-state index contributed by atoms with van der Waals surface area (Å²) in [6.07, 6.45) is 15.5. The Balaban J connectivity index is 1.55. The summed E-state index contributed by atoms with van der Waals surface area (Å²) in [7, 11) is 0. The molecule has 3 amide bonds. The van der Waals surface area contributed by atoms with E-state index in [0.717, 1.165) is 32.6 Å². The zero-order chi connectivity index (χ0) is 29.5. The zero-order valence-electron chi connectivity index (χ0n) is 25.6. The Morgan fingerprint density at radius 1 is 0.829 bits per heavy atom. The number of rotatable bonds is 23. The van der Waals surface area contributed by atoms with Crippen molar-refractivity contribution >= 4 is 23.4 Å². The lowest BCUT2D eigenvalue weighted by Crippen LogP contribution is -2.51. The van der Waals surface area contributed by atoms with E-state index < -0.39 is 6.17 Å². The predicted octanol–water partition coefficient (Wildman–Crippen LogP) is 4.97. The van der Waals surface area contributed by atoms with Crippen LogP contribution in [-0.2, 0) is 14.4 Å². The molecule has 2 rings (SSSR count). The molecule has 1 fully saturated rings. The summed E-state index contributed by atoms with van der Waals surface area (Å²) in [6.45, 7) is 8.34. The van der Waals surface area contributed by atoms with Crippen LogP contribution in [0.25, 0.3) is 0 Å². The average molecular weight is 574 g/mol. The maximum absolute atomic E-state index is 12.7. The molecule has 232 valence electrons. The fourth-order valence-electron chi connectivity index (χ4n) is 4.98. The van der Waals surface area contributed by atoms with Crippen LogP contribution in [-0.4, -0.2) is 68.1 Å². The molecule has 9 nitrogen and oxygen atoms in total. The van der Waals surface area contributed by atoms with Gasteiger partial charge in [-0.2, -0.15) is 0 Å². The van der Waals surface area contributed by atoms with Gasteiger partial charge in [0.1, 0.15) is 5.75 Å². The van der Waals surface area contributed by atoms with Gasteiger partial charge in [-0.25, -0.2) is 0 Å². The van der Waals surface area contributed by atoms with E-state index in [1.807, 2.05) is 12.1 Å². The third kappa shape index (κ3) is 16.9. The van der Waals surface area contributed by atoms with E-state index in [-0.39, 0.29) is 17.7 Å². The van der Waals surface area contributed by atoms with Crippen LogP contribution in [0.1, 0.15) is 104 Å². The second kappa shape index (κ2) is 21.9. The number of amides is 3. The van der Waals surface area contributed by atoms with Crippen LogP contribution in [0.4, 0.5) is 5.69 Å². The summed E-state index contributed by atoms with van der Waals surface area (Å²) in [5.41, 5.74) is 0.692. The Hall–Kier alpha value is -2.81. The van der Waals surface area contributed by atoms with E-state index in [1.54, 1.807) is 12.1 Å². The van der Waals surface area contributed by atoms with Crippen LogP contribution in [0.5, 0.6) is 5.75 Å². The summed E-state index contributed by atoms with van der Waals surface area (Å²) in [5.74, 6) is 0.204. The number of unbranched alkanes of at least 4 members (excludes halogenated alkanes) is 9. The molecule has 41 heavy (non-hydrogen) atoms. The number of ether oxygens (including phenoxy) is 1. The molecule has 0 saturated carbocycles. The highest BCUT2D eigenvalue weighted by Gasteiger charge is 2.20. The molecule has 1 saturated heterocycles. The highest BCUT2D eigenvalue weighted by molar-refractivity contribution is 5.88. The van der Waals surface area contributed by atoms with Crippen LogP contribution >= 0.6 is 0 Å². The van der Waals surface area contributed by atoms with Gasteiger partial charge in [0, 0.05) is 38.7 Å². The van der Waals surface area contributed by atoms with Gasteiger partial charge in [-0.05, 0) is 63.0 Å². The van der Waals surface area contributed by atoms with E-state index in [0.29, 0.717) is 37.4 Å². The van der Waals surface area contributed by atoms with Crippen molar-refractivity contribution < 1.29 is 19.1 Å². The largest absolute Gasteiger partial charge is 0.494 e. The lowest BCUT2D eigenvalue weighted by atomic mass is 10.1. The first-order chi connectivity index (χ1) is 20.0. The maximum atomic E-state index is 12.7. The molecule has 1 atom stereocenters. The van der Waals surface area contributed by atoms with Crippen LogP contribution < -0.4 is 26.0 Å². The molecule has 4 N–H and O–H groups in total. The molecule has 1 aromatic carbocycles. The number of likely N-dealkylation sites (tertiary alicyclic amines) is 1. The number of carbonyl (C=O) groups is 3. The lowest BCUT2D eigenvalue weighted by Gasteiger charge is -2.21. The summed E-state index contributed by atoms with van der Waals surface area (Å²) in [6, 6.07) is 7.23. The highest BCUT2D eigenvalue weighted by Crippen LogP contribution is 2.17. The minimum atomic E-state index is -0.864. The second-order valence-electron chi connectivity index (χ2n) is 11.1. The van der Waals surface area contributed by atoms with E-state index in [2.05, 4.69) is 33.1 Å². The molecule has 0 aliphatic carbocycles. The van der Waals surface area contributed by atoms with Crippen LogP contribution in [0.15, 0.2) is 24.3 Å². The molecule has 9 heteroatoms. The SMILES string of the molecule is CCCCCCCCCCCCNC(=O)CCCOc1ccc(NC(NC(C)=O)C(=O)NCCN2CCCC2)cc1. The van der Waals surface area contributed by atoms with Crippen molar-refractivity contribution in [1.82, 2.24) is 20.9 Å². The molecule has 0 bridgehead atoms. The number of hydrogen-bond acceptors (Lipinski definition) is 6. The molecule has 0 radical (unpaired) electrons. The normalized spacial score (nSPS) is 13.9. The van der Waals surface area contributed by atoms with Crippen molar-refractivity contribution in [2.45, 2.75) is 110 Å². The van der Waals surface area contributed by atoms with Crippen molar-refractivity contribution in [3.05, 3.63) is 24.3 Å². The Morgan fingerprint density at radius 3 is 2.10 bits per heavy atom. The Kier molecular flexibility index (Phi) is 18.3. The smallest absolute Gasteiger partial charge is 0.263 e. The fraction of sp³-hybridized carbons (Fsp3) is 0.719. The molecule has 1 aromatic rings. The van der Waals surface area contributed by atoms with Gasteiger partial charge in [0.25, 0.3) is 5.91 Å². The van der Waals surface area contributed by atoms with Crippen molar-refractivity contribution in [3.63, 3.8) is 0 Å². The van der Waals surface area contributed by atoms with Gasteiger partial charge >= 0.3 is 0 Å². The molecule has 1 aliphatic heterocycles. The molecule has 0 aromatic heterocycles. The number of anilines is 1. The highest BCUT2D eigenvalue weighted by atomic mass is 16.5. The van der Waals surface area contributed by atoms with Crippen LogP contribution in [0.2, 0.25) is 0 Å². The summed E-state index contributed by atoms with van der Waals surface area (Å²) in [4.78, 5) is 38.7. The maximum Gasteiger partial charge on any atom is 0.263 e. The van der Waals surface area contributed by atoms with E-state index in [4.69, 9.17) is 4.74 Å². The van der Waals surface area contributed by atoms with E-state index in [9.17, 15) is 14.4 Å². The fourth-order valence-corrected chi connectivity index (χ4v) is 4.98. The number of hydrogen-bond donors (Lipinski definition) is 4. The van der Waals surface area contributed by atoms with Crippen LogP contribution in [0.3, 0.4) is 0 Å². The van der Waals surface area contributed by atoms with E-state index >= 15 is 0 Å². The molecule has 0 spiro atoms. The minimum Gasteiger partial charge on any atom is -0.494 e. The van der Waals surface area contributed by atoms with E-state index in [1.165, 1.54) is 77.6 Å². The Bertz CT molecular complexity index is 858. The summed E-state index contributed by atoms with van der Waals surface area (Å²) >= 11 is 0. The topological polar surface area (TPSA) is 112 Å². The van der Waals surface area contributed by atoms with Gasteiger partial charge in [-0.3, -0.25) is 14.4 Å². The molecular weight excluding hydrogens is 518 g/mol. The van der Waals surface area contributed by atoms with Crippen LogP contribution in [0, 0.1) is 0 Å². The van der Waals surface area contributed by atoms with Gasteiger partial charge in [-0.15, -0.1) is 0 Å². The van der Waals surface area contributed by atoms with Gasteiger partial charge in [0.05, 0.1) is 6.61 Å². The minimum absolute atomic E-state index is 0.0757. The third-order valence-corrected chi connectivity index (χ3v) is 7.37. The second-order valence-corrected chi connectivity index (χ2v) is 11.1. The first-order valence-corrected chi connectivity index (χ1v) is 16.0. The lowest BCUT2D eigenvalue weighted by molar-refractivity contribution is -0.127. The average Bonchev–Trinajstić information content (AvgIpc) is 3.48. The number of carbonyl (C=O) groups excluding carboxylic acids is 3. The first kappa shape index (κ1) is 34.4. The molecule has 1 aliphatic rings. The van der Waals surface area contributed by atoms with Gasteiger partial charge < -0.3 is 30.9 Å². The third-order valence-electron chi connectivity index (χ3n) is 7.37. The number of nitrogens with zero attached hydrogens (tertiary/aromatic N) is 1. The van der Waals surface area contributed by atoms with Gasteiger partial charge in [0.15, 0.2) is 6.17 Å². The Labute approximate surface area is 247 Å². The summed E-state index contributed by atoms with van der Waals surface area (Å²) < 4.78 is 5.78. The van der Waals surface area contributed by atoms with Crippen molar-refractivity contribution in [2.24, 2.45) is 0 Å². The van der Waals surface area contributed by atoms with Crippen molar-refractivity contribution in [1.29, 1.82) is 0 Å². The monoisotopic (exact) mass is 573 g/mol. The predicted molar refractivity (Wildman–Crippen MR) is 166 cm³/mol. The quantitative estimate of drug-likeness (QED) is 0.109. The molecular formula is C32H55N5O4. The zero-order valence-corrected chi connectivity index (χ0v) is 25.6. The van der Waals surface area contributed by atoms with Gasteiger partial charge in [0.2, 0.25) is 11.8 Å². The molecule has 1 unspecified atom stereocenters.